The third-order valence-corrected chi connectivity index (χ3v) is 0.957. The molecule has 1 fully saturated rings. The van der Waals surface area contributed by atoms with Crippen LogP contribution in [0.1, 0.15) is 26.7 Å². The molecule has 1 aliphatic heterocycles. The maximum atomic E-state index is 9.44. The van der Waals surface area contributed by atoms with Crippen LogP contribution in [0.25, 0.3) is 0 Å². The Balaban J connectivity index is 0.000000148. The van der Waals surface area contributed by atoms with Crippen molar-refractivity contribution in [2.45, 2.75) is 26.7 Å². The van der Waals surface area contributed by atoms with Crippen molar-refractivity contribution in [2.24, 2.45) is 0 Å². The first kappa shape index (κ1) is 8.63. The number of hydrogen-bond acceptors (Lipinski definition) is 2. The minimum absolute atomic E-state index is 0.167. The molecule has 0 saturated carbocycles. The lowest BCUT2D eigenvalue weighted by Gasteiger charge is -1.76. The van der Waals surface area contributed by atoms with Crippen LogP contribution >= 0.6 is 0 Å². The molecule has 9 heavy (non-hydrogen) atoms. The molecular weight excluding hydrogens is 114 g/mol. The monoisotopic (exact) mass is 129 g/mol. The molecule has 0 atom stereocenters. The Hall–Kier alpha value is -0.370. The molecule has 1 heterocycles. The molecule has 0 aromatic rings. The van der Waals surface area contributed by atoms with Crippen molar-refractivity contribution in [3.63, 3.8) is 0 Å². The van der Waals surface area contributed by atoms with Crippen LogP contribution < -0.4 is 5.32 Å². The molecule has 54 valence electrons. The fraction of sp³-hybridized carbons (Fsp3) is 0.857. The predicted octanol–water partition coefficient (Wildman–Crippen LogP) is 0.965. The van der Waals surface area contributed by atoms with Crippen LogP contribution in [0.15, 0.2) is 0 Å². The van der Waals surface area contributed by atoms with Crippen LogP contribution in [-0.2, 0) is 4.79 Å². The normalized spacial score (nSPS) is 16.2. The van der Waals surface area contributed by atoms with Gasteiger partial charge in [0.1, 0.15) is 5.78 Å². The van der Waals surface area contributed by atoms with Crippen LogP contribution in [0.3, 0.4) is 0 Å². The van der Waals surface area contributed by atoms with Crippen molar-refractivity contribution in [1.29, 1.82) is 0 Å². The van der Waals surface area contributed by atoms with Crippen LogP contribution in [0.4, 0.5) is 0 Å². The molecule has 0 unspecified atom stereocenters. The molecule has 2 nitrogen and oxygen atoms in total. The molecule has 0 aliphatic carbocycles. The van der Waals surface area contributed by atoms with E-state index in [2.05, 4.69) is 5.32 Å². The average Bonchev–Trinajstić information content (AvgIpc) is 2.11. The zero-order valence-corrected chi connectivity index (χ0v) is 6.24. The van der Waals surface area contributed by atoms with E-state index in [1.807, 2.05) is 0 Å². The Kier molecular flexibility index (Phi) is 5.52. The molecule has 1 rings (SSSR count). The highest BCUT2D eigenvalue weighted by molar-refractivity contribution is 5.72. The molecule has 1 N–H and O–H groups in total. The number of Topliss-reactive ketones (excluding diaryl/α,β-unsaturated/α-hetero) is 1. The molecule has 0 spiro atoms. The summed E-state index contributed by atoms with van der Waals surface area (Å²) in [5.74, 6) is 0.167. The predicted molar refractivity (Wildman–Crippen MR) is 38.5 cm³/mol. The second kappa shape index (κ2) is 5.76. The lowest BCUT2D eigenvalue weighted by molar-refractivity contribution is -0.114. The second-order valence-corrected chi connectivity index (χ2v) is 2.37. The van der Waals surface area contributed by atoms with E-state index in [4.69, 9.17) is 0 Å². The largest absolute Gasteiger partial charge is 0.317 e. The van der Waals surface area contributed by atoms with Gasteiger partial charge in [0, 0.05) is 0 Å². The van der Waals surface area contributed by atoms with E-state index < -0.39 is 0 Å². The Morgan fingerprint density at radius 3 is 1.67 bits per heavy atom. The molecule has 0 bridgehead atoms. The second-order valence-electron chi connectivity index (χ2n) is 2.37. The molecule has 0 aromatic heterocycles. The van der Waals surface area contributed by atoms with Crippen molar-refractivity contribution in [2.75, 3.05) is 13.1 Å². The molecule has 2 heteroatoms. The number of rotatable bonds is 0. The smallest absolute Gasteiger partial charge is 0.126 e. The van der Waals surface area contributed by atoms with Crippen LogP contribution in [0.2, 0.25) is 0 Å². The van der Waals surface area contributed by atoms with E-state index in [1.54, 1.807) is 0 Å². The van der Waals surface area contributed by atoms with Crippen molar-refractivity contribution in [3.05, 3.63) is 0 Å². The topological polar surface area (TPSA) is 29.1 Å². The highest BCUT2D eigenvalue weighted by Gasteiger charge is 1.93. The van der Waals surface area contributed by atoms with Gasteiger partial charge in [-0.15, -0.1) is 0 Å². The van der Waals surface area contributed by atoms with E-state index in [1.165, 1.54) is 39.8 Å². The summed E-state index contributed by atoms with van der Waals surface area (Å²) in [5.41, 5.74) is 0. The third kappa shape index (κ3) is 11.3. The maximum absolute atomic E-state index is 9.44. The number of carbonyl (C=O) groups is 1. The zero-order valence-electron chi connectivity index (χ0n) is 6.24. The van der Waals surface area contributed by atoms with Gasteiger partial charge in [-0.1, -0.05) is 0 Å². The Morgan fingerprint density at radius 1 is 1.22 bits per heavy atom. The summed E-state index contributed by atoms with van der Waals surface area (Å²) in [6, 6.07) is 0. The quantitative estimate of drug-likeness (QED) is 0.528. The van der Waals surface area contributed by atoms with E-state index in [0.29, 0.717) is 0 Å². The van der Waals surface area contributed by atoms with Gasteiger partial charge < -0.3 is 10.1 Å². The third-order valence-electron chi connectivity index (χ3n) is 0.957. The summed E-state index contributed by atoms with van der Waals surface area (Å²) in [5, 5.41) is 3.22. The van der Waals surface area contributed by atoms with Crippen molar-refractivity contribution in [1.82, 2.24) is 5.32 Å². The number of hydrogen-bond donors (Lipinski definition) is 1. The molecule has 1 saturated heterocycles. The van der Waals surface area contributed by atoms with Crippen molar-refractivity contribution >= 4 is 5.78 Å². The lowest BCUT2D eigenvalue weighted by Crippen LogP contribution is -2.03. The Labute approximate surface area is 56.6 Å². The fourth-order valence-electron chi connectivity index (χ4n) is 0.625. The Bertz CT molecular complexity index is 65.4. The highest BCUT2D eigenvalue weighted by Crippen LogP contribution is 1.90. The molecule has 1 aliphatic rings. The molecular formula is C7H15NO. The summed E-state index contributed by atoms with van der Waals surface area (Å²) < 4.78 is 0. The van der Waals surface area contributed by atoms with E-state index >= 15 is 0 Å². The first-order valence-electron chi connectivity index (χ1n) is 3.41. The van der Waals surface area contributed by atoms with Gasteiger partial charge in [0.15, 0.2) is 0 Å². The molecule has 0 amide bonds. The average molecular weight is 129 g/mol. The van der Waals surface area contributed by atoms with Gasteiger partial charge in [-0.05, 0) is 39.8 Å². The van der Waals surface area contributed by atoms with E-state index in [-0.39, 0.29) is 5.78 Å². The highest BCUT2D eigenvalue weighted by atomic mass is 16.1. The summed E-state index contributed by atoms with van der Waals surface area (Å²) in [4.78, 5) is 9.44. The van der Waals surface area contributed by atoms with E-state index in [9.17, 15) is 4.79 Å². The van der Waals surface area contributed by atoms with Gasteiger partial charge in [0.25, 0.3) is 0 Å². The van der Waals surface area contributed by atoms with Gasteiger partial charge in [-0.3, -0.25) is 0 Å². The van der Waals surface area contributed by atoms with Gasteiger partial charge >= 0.3 is 0 Å². The SMILES string of the molecule is C1CCNC1.CC(C)=O. The van der Waals surface area contributed by atoms with Gasteiger partial charge in [0.05, 0.1) is 0 Å². The standard InChI is InChI=1S/C4H9N.C3H6O/c1-2-4-5-3-1;1-3(2)4/h5H,1-4H2;1-2H3. The zero-order chi connectivity index (χ0) is 7.11. The minimum atomic E-state index is 0.167. The van der Waals surface area contributed by atoms with Gasteiger partial charge in [-0.25, -0.2) is 0 Å². The van der Waals surface area contributed by atoms with Crippen LogP contribution in [-0.4, -0.2) is 18.9 Å². The van der Waals surface area contributed by atoms with Crippen LogP contribution in [0, 0.1) is 0 Å². The van der Waals surface area contributed by atoms with Crippen molar-refractivity contribution in [3.8, 4) is 0 Å². The van der Waals surface area contributed by atoms with Gasteiger partial charge in [0.2, 0.25) is 0 Å². The van der Waals surface area contributed by atoms with Gasteiger partial charge in [-0.2, -0.15) is 0 Å². The summed E-state index contributed by atoms with van der Waals surface area (Å²) in [7, 11) is 0. The number of ketones is 1. The minimum Gasteiger partial charge on any atom is -0.317 e. The summed E-state index contributed by atoms with van der Waals surface area (Å²) in [6.45, 7) is 5.56. The van der Waals surface area contributed by atoms with E-state index in [0.717, 1.165) is 0 Å². The first-order valence-corrected chi connectivity index (χ1v) is 3.41. The van der Waals surface area contributed by atoms with Crippen molar-refractivity contribution < 1.29 is 4.79 Å². The van der Waals surface area contributed by atoms with Crippen LogP contribution in [0.5, 0.6) is 0 Å². The number of nitrogens with one attached hydrogen (secondary N) is 1. The fourth-order valence-corrected chi connectivity index (χ4v) is 0.625. The Morgan fingerprint density at radius 2 is 1.56 bits per heavy atom. The first-order chi connectivity index (χ1) is 4.23. The molecule has 0 radical (unpaired) electrons. The summed E-state index contributed by atoms with van der Waals surface area (Å²) >= 11 is 0. The molecule has 0 aromatic carbocycles. The lowest BCUT2D eigenvalue weighted by atomic mass is 10.4. The number of carbonyl (C=O) groups excluding carboxylic acids is 1. The maximum Gasteiger partial charge on any atom is 0.126 e. The summed E-state index contributed by atoms with van der Waals surface area (Å²) in [6.07, 6.45) is 2.78.